The monoisotopic (exact) mass is 266 g/mol. The van der Waals surface area contributed by atoms with Crippen LogP contribution in [0.4, 0.5) is 4.39 Å². The number of rotatable bonds is 5. The molecule has 1 aromatic rings. The van der Waals surface area contributed by atoms with Gasteiger partial charge in [-0.25, -0.2) is 4.39 Å². The molecule has 0 aromatic heterocycles. The highest BCUT2D eigenvalue weighted by molar-refractivity contribution is 5.81. The van der Waals surface area contributed by atoms with Crippen molar-refractivity contribution in [1.29, 1.82) is 0 Å². The number of hydrogen-bond acceptors (Lipinski definition) is 2. The van der Waals surface area contributed by atoms with E-state index < -0.39 is 6.04 Å². The van der Waals surface area contributed by atoms with Gasteiger partial charge in [0.05, 0.1) is 6.04 Å². The largest absolute Gasteiger partial charge is 0.351 e. The maximum Gasteiger partial charge on any atom is 0.237 e. The number of nitrogens with two attached hydrogens (primary N) is 1. The second-order valence-corrected chi connectivity index (χ2v) is 5.50. The maximum absolute atomic E-state index is 13.5. The molecule has 106 valence electrons. The summed E-state index contributed by atoms with van der Waals surface area (Å²) in [5.41, 5.74) is 7.87. The van der Waals surface area contributed by atoms with E-state index >= 15 is 0 Å². The number of carbonyl (C=O) groups excluding carboxylic acids is 1. The molecular formula is C15H23FN2O. The third-order valence-corrected chi connectivity index (χ3v) is 3.03. The molecule has 19 heavy (non-hydrogen) atoms. The van der Waals surface area contributed by atoms with E-state index in [0.29, 0.717) is 30.0 Å². The van der Waals surface area contributed by atoms with E-state index in [1.165, 1.54) is 0 Å². The van der Waals surface area contributed by atoms with Gasteiger partial charge in [0.15, 0.2) is 0 Å². The highest BCUT2D eigenvalue weighted by Gasteiger charge is 2.14. The topological polar surface area (TPSA) is 55.1 Å². The number of nitrogens with one attached hydrogen (secondary N) is 1. The number of aryl methyl sites for hydroxylation is 2. The Morgan fingerprint density at radius 3 is 2.32 bits per heavy atom. The van der Waals surface area contributed by atoms with Gasteiger partial charge in [-0.3, -0.25) is 4.79 Å². The molecular weight excluding hydrogens is 243 g/mol. The van der Waals surface area contributed by atoms with Gasteiger partial charge in [0, 0.05) is 6.54 Å². The smallest absolute Gasteiger partial charge is 0.237 e. The van der Waals surface area contributed by atoms with Gasteiger partial charge in [-0.1, -0.05) is 26.0 Å². The summed E-state index contributed by atoms with van der Waals surface area (Å²) >= 11 is 0. The molecule has 0 aliphatic rings. The minimum atomic E-state index is -0.484. The van der Waals surface area contributed by atoms with Crippen molar-refractivity contribution < 1.29 is 9.18 Å². The molecule has 1 amide bonds. The number of amides is 1. The number of halogens is 1. The number of carbonyl (C=O) groups is 1. The van der Waals surface area contributed by atoms with E-state index in [1.54, 1.807) is 26.0 Å². The van der Waals surface area contributed by atoms with E-state index in [-0.39, 0.29) is 11.7 Å². The Kier molecular flexibility index (Phi) is 5.48. The minimum absolute atomic E-state index is 0.159. The zero-order valence-corrected chi connectivity index (χ0v) is 12.1. The highest BCUT2D eigenvalue weighted by atomic mass is 19.1. The van der Waals surface area contributed by atoms with Crippen LogP contribution in [0.1, 0.15) is 37.0 Å². The van der Waals surface area contributed by atoms with E-state index in [2.05, 4.69) is 5.32 Å². The highest BCUT2D eigenvalue weighted by Crippen LogP contribution is 2.14. The molecule has 0 spiro atoms. The van der Waals surface area contributed by atoms with Crippen molar-refractivity contribution in [1.82, 2.24) is 5.32 Å². The van der Waals surface area contributed by atoms with Gasteiger partial charge in [-0.05, 0) is 42.9 Å². The van der Waals surface area contributed by atoms with E-state index in [1.807, 2.05) is 13.8 Å². The zero-order chi connectivity index (χ0) is 14.6. The van der Waals surface area contributed by atoms with Crippen molar-refractivity contribution >= 4 is 5.91 Å². The fourth-order valence-electron chi connectivity index (χ4n) is 2.07. The van der Waals surface area contributed by atoms with E-state index in [4.69, 9.17) is 5.73 Å². The van der Waals surface area contributed by atoms with Gasteiger partial charge in [-0.15, -0.1) is 0 Å². The normalized spacial score (nSPS) is 12.6. The predicted molar refractivity (Wildman–Crippen MR) is 75.2 cm³/mol. The van der Waals surface area contributed by atoms with Crippen LogP contribution in [0.15, 0.2) is 12.1 Å². The molecule has 0 saturated heterocycles. The van der Waals surface area contributed by atoms with Crippen LogP contribution in [0.3, 0.4) is 0 Å². The average Bonchev–Trinajstić information content (AvgIpc) is 2.31. The lowest BCUT2D eigenvalue weighted by Gasteiger charge is -2.14. The van der Waals surface area contributed by atoms with E-state index in [9.17, 15) is 9.18 Å². The summed E-state index contributed by atoms with van der Waals surface area (Å²) in [7, 11) is 0. The lowest BCUT2D eigenvalue weighted by atomic mass is 10.0. The van der Waals surface area contributed by atoms with Crippen LogP contribution in [0, 0.1) is 25.6 Å². The Hall–Kier alpha value is -1.42. The first-order valence-corrected chi connectivity index (χ1v) is 6.60. The van der Waals surface area contributed by atoms with Gasteiger partial charge >= 0.3 is 0 Å². The van der Waals surface area contributed by atoms with Crippen LogP contribution in [0.2, 0.25) is 0 Å². The van der Waals surface area contributed by atoms with Crippen molar-refractivity contribution in [2.75, 3.05) is 0 Å². The molecule has 1 aromatic carbocycles. The molecule has 0 aliphatic carbocycles. The minimum Gasteiger partial charge on any atom is -0.351 e. The second kappa shape index (κ2) is 6.66. The number of hydrogen-bond donors (Lipinski definition) is 2. The molecule has 0 fully saturated rings. The molecule has 3 N–H and O–H groups in total. The summed E-state index contributed by atoms with van der Waals surface area (Å²) in [5.74, 6) is 0.0379. The van der Waals surface area contributed by atoms with Gasteiger partial charge in [-0.2, -0.15) is 0 Å². The lowest BCUT2D eigenvalue weighted by molar-refractivity contribution is -0.122. The van der Waals surface area contributed by atoms with Crippen molar-refractivity contribution in [2.45, 2.75) is 46.7 Å². The lowest BCUT2D eigenvalue weighted by Crippen LogP contribution is -2.41. The Bertz CT molecular complexity index is 434. The van der Waals surface area contributed by atoms with Crippen molar-refractivity contribution in [3.8, 4) is 0 Å². The Morgan fingerprint density at radius 2 is 1.84 bits per heavy atom. The first-order valence-electron chi connectivity index (χ1n) is 6.60. The van der Waals surface area contributed by atoms with Gasteiger partial charge in [0.25, 0.3) is 0 Å². The Balaban J connectivity index is 2.60. The number of benzene rings is 1. The first kappa shape index (κ1) is 15.6. The van der Waals surface area contributed by atoms with Gasteiger partial charge < -0.3 is 11.1 Å². The molecule has 0 saturated carbocycles. The first-order chi connectivity index (χ1) is 8.81. The summed E-state index contributed by atoms with van der Waals surface area (Å²) in [5, 5.41) is 2.79. The van der Waals surface area contributed by atoms with Crippen LogP contribution < -0.4 is 11.1 Å². The molecule has 1 unspecified atom stereocenters. The second-order valence-electron chi connectivity index (χ2n) is 5.50. The molecule has 4 heteroatoms. The van der Waals surface area contributed by atoms with Crippen molar-refractivity contribution in [3.05, 3.63) is 34.6 Å². The Morgan fingerprint density at radius 1 is 1.32 bits per heavy atom. The zero-order valence-electron chi connectivity index (χ0n) is 12.1. The third kappa shape index (κ3) is 4.63. The van der Waals surface area contributed by atoms with Crippen molar-refractivity contribution in [3.63, 3.8) is 0 Å². The van der Waals surface area contributed by atoms with Crippen LogP contribution in [-0.4, -0.2) is 11.9 Å². The summed E-state index contributed by atoms with van der Waals surface area (Å²) in [6.07, 6.45) is 0.660. The standard InChI is InChI=1S/C15H23FN2O/c1-9(2)5-13(17)15(19)18-8-12-6-10(3)14(16)11(4)7-12/h6-7,9,13H,5,8,17H2,1-4H3,(H,18,19). The average molecular weight is 266 g/mol. The van der Waals surface area contributed by atoms with Gasteiger partial charge in [0.1, 0.15) is 5.82 Å². The molecule has 0 heterocycles. The summed E-state index contributed by atoms with van der Waals surface area (Å²) in [4.78, 5) is 11.8. The molecule has 0 radical (unpaired) electrons. The fraction of sp³-hybridized carbons (Fsp3) is 0.533. The maximum atomic E-state index is 13.5. The fourth-order valence-corrected chi connectivity index (χ4v) is 2.07. The van der Waals surface area contributed by atoms with Crippen LogP contribution >= 0.6 is 0 Å². The quantitative estimate of drug-likeness (QED) is 0.860. The van der Waals surface area contributed by atoms with Gasteiger partial charge in [0.2, 0.25) is 5.91 Å². The van der Waals surface area contributed by atoms with E-state index in [0.717, 1.165) is 5.56 Å². The summed E-state index contributed by atoms with van der Waals surface area (Å²) in [6.45, 7) is 7.88. The van der Waals surface area contributed by atoms with Crippen molar-refractivity contribution in [2.24, 2.45) is 11.7 Å². The molecule has 0 bridgehead atoms. The molecule has 1 rings (SSSR count). The molecule has 0 aliphatic heterocycles. The van der Waals surface area contributed by atoms with Crippen LogP contribution in [-0.2, 0) is 11.3 Å². The molecule has 1 atom stereocenters. The third-order valence-electron chi connectivity index (χ3n) is 3.03. The predicted octanol–water partition coefficient (Wildman–Crippen LogP) is 2.43. The molecule has 3 nitrogen and oxygen atoms in total. The summed E-state index contributed by atoms with van der Waals surface area (Å²) in [6, 6.07) is 3.01. The summed E-state index contributed by atoms with van der Waals surface area (Å²) < 4.78 is 13.5. The SMILES string of the molecule is Cc1cc(CNC(=O)C(N)CC(C)C)cc(C)c1F. The van der Waals surface area contributed by atoms with Crippen LogP contribution in [0.25, 0.3) is 0 Å². The Labute approximate surface area is 114 Å². The van der Waals surface area contributed by atoms with Crippen LogP contribution in [0.5, 0.6) is 0 Å².